The first-order valence-electron chi connectivity index (χ1n) is 6.98. The van der Waals surface area contributed by atoms with Crippen molar-refractivity contribution in [2.75, 3.05) is 25.0 Å². The van der Waals surface area contributed by atoms with Gasteiger partial charge in [0.15, 0.2) is 0 Å². The molecule has 2 aliphatic rings. The van der Waals surface area contributed by atoms with Crippen molar-refractivity contribution >= 4 is 11.6 Å². The van der Waals surface area contributed by atoms with Crippen molar-refractivity contribution in [2.45, 2.75) is 25.4 Å². The van der Waals surface area contributed by atoms with Crippen molar-refractivity contribution in [1.29, 1.82) is 0 Å². The number of amides is 1. The highest BCUT2D eigenvalue weighted by Gasteiger charge is 2.30. The summed E-state index contributed by atoms with van der Waals surface area (Å²) in [5, 5.41) is 6.36. The highest BCUT2D eigenvalue weighted by Crippen LogP contribution is 2.31. The van der Waals surface area contributed by atoms with E-state index in [2.05, 4.69) is 17.6 Å². The number of carbonyl (C=O) groups excluding carboxylic acids is 1. The molecule has 0 radical (unpaired) electrons. The third-order valence-corrected chi connectivity index (χ3v) is 4.22. The largest absolute Gasteiger partial charge is 0.384 e. The van der Waals surface area contributed by atoms with Crippen molar-refractivity contribution in [3.63, 3.8) is 0 Å². The number of rotatable bonds is 3. The van der Waals surface area contributed by atoms with Gasteiger partial charge in [0, 0.05) is 31.3 Å². The summed E-state index contributed by atoms with van der Waals surface area (Å²) in [4.78, 5) is 12.3. The van der Waals surface area contributed by atoms with E-state index in [0.29, 0.717) is 12.5 Å². The fraction of sp³-hybridized carbons (Fsp3) is 0.533. The van der Waals surface area contributed by atoms with E-state index in [-0.39, 0.29) is 17.9 Å². The van der Waals surface area contributed by atoms with Gasteiger partial charge < -0.3 is 15.4 Å². The van der Waals surface area contributed by atoms with Gasteiger partial charge in [-0.2, -0.15) is 0 Å². The zero-order chi connectivity index (χ0) is 13.2. The summed E-state index contributed by atoms with van der Waals surface area (Å²) < 4.78 is 5.52. The maximum absolute atomic E-state index is 12.3. The second-order valence-corrected chi connectivity index (χ2v) is 5.39. The van der Waals surface area contributed by atoms with Crippen LogP contribution < -0.4 is 10.6 Å². The van der Waals surface area contributed by atoms with Crippen molar-refractivity contribution in [1.82, 2.24) is 5.32 Å². The Morgan fingerprint density at radius 2 is 2.32 bits per heavy atom. The molecule has 0 saturated carbocycles. The van der Waals surface area contributed by atoms with Crippen LogP contribution in [0.25, 0.3) is 0 Å². The average molecular weight is 260 g/mol. The molecule has 4 heteroatoms. The third-order valence-electron chi connectivity index (χ3n) is 4.22. The molecule has 102 valence electrons. The molecule has 0 aliphatic carbocycles. The molecule has 1 fully saturated rings. The Hall–Kier alpha value is -1.55. The van der Waals surface area contributed by atoms with Gasteiger partial charge in [-0.1, -0.05) is 18.2 Å². The molecule has 0 aromatic heterocycles. The summed E-state index contributed by atoms with van der Waals surface area (Å²) in [7, 11) is 0. The van der Waals surface area contributed by atoms with Gasteiger partial charge in [-0.25, -0.2) is 0 Å². The first-order chi connectivity index (χ1) is 9.25. The predicted octanol–water partition coefficient (Wildman–Crippen LogP) is 1.74. The molecule has 0 bridgehead atoms. The Kier molecular flexibility index (Phi) is 3.42. The van der Waals surface area contributed by atoms with Crippen LogP contribution >= 0.6 is 0 Å². The number of para-hydroxylation sites is 1. The highest BCUT2D eigenvalue weighted by atomic mass is 16.5. The molecule has 3 atom stereocenters. The van der Waals surface area contributed by atoms with E-state index in [0.717, 1.165) is 30.8 Å². The zero-order valence-electron chi connectivity index (χ0n) is 11.2. The Morgan fingerprint density at radius 1 is 1.47 bits per heavy atom. The summed E-state index contributed by atoms with van der Waals surface area (Å²) in [5.74, 6) is 0.513. The van der Waals surface area contributed by atoms with Crippen LogP contribution in [-0.2, 0) is 9.53 Å². The first kappa shape index (κ1) is 12.5. The summed E-state index contributed by atoms with van der Waals surface area (Å²) in [6.45, 7) is 4.31. The maximum Gasteiger partial charge on any atom is 0.229 e. The summed E-state index contributed by atoms with van der Waals surface area (Å²) >= 11 is 0. The highest BCUT2D eigenvalue weighted by molar-refractivity contribution is 5.88. The number of benzene rings is 1. The standard InChI is InChI=1S/C15H20N2O2/c1-10-11(6-7-19-10)8-17-15(18)13-9-16-14-5-3-2-4-12(13)14/h2-5,10-11,13,16H,6-9H2,1H3,(H,17,18). The van der Waals surface area contributed by atoms with Crippen LogP contribution in [0.2, 0.25) is 0 Å². The molecule has 3 rings (SSSR count). The number of fused-ring (bicyclic) bond motifs is 1. The quantitative estimate of drug-likeness (QED) is 0.870. The lowest BCUT2D eigenvalue weighted by molar-refractivity contribution is -0.122. The van der Waals surface area contributed by atoms with Crippen LogP contribution in [0, 0.1) is 5.92 Å². The van der Waals surface area contributed by atoms with Gasteiger partial charge in [0.2, 0.25) is 5.91 Å². The average Bonchev–Trinajstić information content (AvgIpc) is 3.02. The van der Waals surface area contributed by atoms with E-state index in [1.54, 1.807) is 0 Å². The molecule has 1 aromatic rings. The maximum atomic E-state index is 12.3. The smallest absolute Gasteiger partial charge is 0.229 e. The van der Waals surface area contributed by atoms with Crippen LogP contribution in [-0.4, -0.2) is 31.7 Å². The van der Waals surface area contributed by atoms with E-state index >= 15 is 0 Å². The lowest BCUT2D eigenvalue weighted by Gasteiger charge is -2.17. The molecule has 2 heterocycles. The molecular formula is C15H20N2O2. The monoisotopic (exact) mass is 260 g/mol. The first-order valence-corrected chi connectivity index (χ1v) is 6.98. The molecule has 2 aliphatic heterocycles. The number of ether oxygens (including phenoxy) is 1. The van der Waals surface area contributed by atoms with E-state index in [9.17, 15) is 4.79 Å². The topological polar surface area (TPSA) is 50.4 Å². The van der Waals surface area contributed by atoms with Gasteiger partial charge in [-0.05, 0) is 25.0 Å². The molecule has 2 N–H and O–H groups in total. The predicted molar refractivity (Wildman–Crippen MR) is 74.2 cm³/mol. The minimum absolute atomic E-state index is 0.0613. The van der Waals surface area contributed by atoms with Gasteiger partial charge in [-0.15, -0.1) is 0 Å². The molecule has 4 nitrogen and oxygen atoms in total. The Balaban J connectivity index is 1.60. The van der Waals surface area contributed by atoms with Gasteiger partial charge in [-0.3, -0.25) is 4.79 Å². The van der Waals surface area contributed by atoms with E-state index in [4.69, 9.17) is 4.74 Å². The van der Waals surface area contributed by atoms with Crippen molar-refractivity contribution in [3.05, 3.63) is 29.8 Å². The number of hydrogen-bond acceptors (Lipinski definition) is 3. The molecule has 1 aromatic carbocycles. The van der Waals surface area contributed by atoms with Crippen molar-refractivity contribution in [2.24, 2.45) is 5.92 Å². The SMILES string of the molecule is CC1OCCC1CNC(=O)C1CNc2ccccc21. The molecule has 1 saturated heterocycles. The van der Waals surface area contributed by atoms with Gasteiger partial charge >= 0.3 is 0 Å². The normalized spacial score (nSPS) is 28.8. The summed E-state index contributed by atoms with van der Waals surface area (Å²) in [6, 6.07) is 8.03. The van der Waals surface area contributed by atoms with Crippen LogP contribution in [0.1, 0.15) is 24.8 Å². The number of hydrogen-bond donors (Lipinski definition) is 2. The Bertz CT molecular complexity index is 475. The summed E-state index contributed by atoms with van der Waals surface area (Å²) in [6.07, 6.45) is 1.30. The summed E-state index contributed by atoms with van der Waals surface area (Å²) in [5.41, 5.74) is 2.19. The lowest BCUT2D eigenvalue weighted by atomic mass is 9.99. The Morgan fingerprint density at radius 3 is 3.11 bits per heavy atom. The van der Waals surface area contributed by atoms with Crippen molar-refractivity contribution in [3.8, 4) is 0 Å². The number of nitrogens with one attached hydrogen (secondary N) is 2. The molecule has 3 unspecified atom stereocenters. The second-order valence-electron chi connectivity index (χ2n) is 5.39. The second kappa shape index (κ2) is 5.21. The van der Waals surface area contributed by atoms with Crippen molar-refractivity contribution < 1.29 is 9.53 Å². The fourth-order valence-corrected chi connectivity index (χ4v) is 2.92. The molecular weight excluding hydrogens is 240 g/mol. The molecule has 19 heavy (non-hydrogen) atoms. The lowest BCUT2D eigenvalue weighted by Crippen LogP contribution is -2.35. The van der Waals surface area contributed by atoms with Crippen LogP contribution in [0.4, 0.5) is 5.69 Å². The Labute approximate surface area is 113 Å². The van der Waals surface area contributed by atoms with E-state index in [1.807, 2.05) is 24.3 Å². The molecule has 1 amide bonds. The zero-order valence-corrected chi connectivity index (χ0v) is 11.2. The minimum Gasteiger partial charge on any atom is -0.384 e. The fourth-order valence-electron chi connectivity index (χ4n) is 2.92. The number of carbonyl (C=O) groups is 1. The third kappa shape index (κ3) is 2.45. The van der Waals surface area contributed by atoms with Crippen LogP contribution in [0.3, 0.4) is 0 Å². The van der Waals surface area contributed by atoms with Gasteiger partial charge in [0.05, 0.1) is 12.0 Å². The van der Waals surface area contributed by atoms with Gasteiger partial charge in [0.25, 0.3) is 0 Å². The van der Waals surface area contributed by atoms with E-state index < -0.39 is 0 Å². The van der Waals surface area contributed by atoms with Gasteiger partial charge in [0.1, 0.15) is 0 Å². The van der Waals surface area contributed by atoms with Crippen LogP contribution in [0.5, 0.6) is 0 Å². The molecule has 0 spiro atoms. The number of anilines is 1. The minimum atomic E-state index is -0.0613. The van der Waals surface area contributed by atoms with E-state index in [1.165, 1.54) is 0 Å². The van der Waals surface area contributed by atoms with Crippen LogP contribution in [0.15, 0.2) is 24.3 Å².